The highest BCUT2D eigenvalue weighted by molar-refractivity contribution is 7.19. The van der Waals surface area contributed by atoms with Crippen LogP contribution >= 0.6 is 11.3 Å². The van der Waals surface area contributed by atoms with E-state index >= 15 is 0 Å². The first kappa shape index (κ1) is 32.2. The van der Waals surface area contributed by atoms with E-state index in [4.69, 9.17) is 14.4 Å². The van der Waals surface area contributed by atoms with E-state index in [0.29, 0.717) is 5.84 Å². The van der Waals surface area contributed by atoms with Crippen molar-refractivity contribution >= 4 is 82.5 Å². The summed E-state index contributed by atoms with van der Waals surface area (Å²) in [6.45, 7) is 0. The van der Waals surface area contributed by atoms with Crippen LogP contribution in [0.2, 0.25) is 0 Å². The van der Waals surface area contributed by atoms with Gasteiger partial charge in [0.2, 0.25) is 0 Å². The first-order valence-electron chi connectivity index (χ1n) is 19.5. The fraction of sp³-hybridized carbons (Fsp3) is 0.0588. The van der Waals surface area contributed by atoms with Gasteiger partial charge < -0.3 is 14.3 Å². The number of aryl methyl sites for hydroxylation is 1. The van der Waals surface area contributed by atoms with E-state index in [-0.39, 0.29) is 6.17 Å². The molecule has 2 aliphatic rings. The molecule has 12 rings (SSSR count). The highest BCUT2D eigenvalue weighted by Gasteiger charge is 2.26. The number of para-hydroxylation sites is 3. The first-order chi connectivity index (χ1) is 28.2. The van der Waals surface area contributed by atoms with Gasteiger partial charge >= 0.3 is 0 Å². The van der Waals surface area contributed by atoms with E-state index in [9.17, 15) is 0 Å². The highest BCUT2D eigenvalue weighted by Crippen LogP contribution is 2.45. The van der Waals surface area contributed by atoms with Crippen molar-refractivity contribution in [1.82, 2.24) is 9.88 Å². The van der Waals surface area contributed by atoms with Crippen molar-refractivity contribution in [2.24, 2.45) is 9.98 Å². The first-order valence-corrected chi connectivity index (χ1v) is 20.3. The Morgan fingerprint density at radius 3 is 2.09 bits per heavy atom. The largest absolute Gasteiger partial charge is 0.455 e. The molecule has 0 saturated heterocycles. The number of hydrogen-bond donors (Lipinski definition) is 1. The molecule has 1 unspecified atom stereocenters. The van der Waals surface area contributed by atoms with Crippen molar-refractivity contribution < 1.29 is 4.42 Å². The summed E-state index contributed by atoms with van der Waals surface area (Å²) in [6, 6.07) is 58.0. The monoisotopic (exact) mass is 750 g/mol. The third-order valence-corrected chi connectivity index (χ3v) is 12.8. The Bertz CT molecular complexity index is 3270. The Morgan fingerprint density at radius 2 is 1.30 bits per heavy atom. The molecule has 7 aromatic carbocycles. The predicted molar refractivity (Wildman–Crippen MR) is 238 cm³/mol. The van der Waals surface area contributed by atoms with E-state index in [1.165, 1.54) is 53.6 Å². The maximum absolute atomic E-state index is 6.70. The summed E-state index contributed by atoms with van der Waals surface area (Å²) < 4.78 is 10.5. The Balaban J connectivity index is 0.969. The average Bonchev–Trinajstić information content (AvgIpc) is 3.96. The van der Waals surface area contributed by atoms with Crippen LogP contribution < -0.4 is 5.32 Å². The summed E-state index contributed by atoms with van der Waals surface area (Å²) in [5.41, 5.74) is 12.1. The second kappa shape index (κ2) is 12.8. The van der Waals surface area contributed by atoms with Crippen LogP contribution in [0.15, 0.2) is 184 Å². The van der Waals surface area contributed by atoms with Crippen LogP contribution in [0.4, 0.5) is 0 Å². The molecule has 1 atom stereocenters. The van der Waals surface area contributed by atoms with Crippen LogP contribution in [0, 0.1) is 0 Å². The number of rotatable bonds is 5. The Morgan fingerprint density at radius 1 is 0.614 bits per heavy atom. The number of benzene rings is 7. The lowest BCUT2D eigenvalue weighted by molar-refractivity contribution is 0.659. The van der Waals surface area contributed by atoms with Crippen molar-refractivity contribution in [3.63, 3.8) is 0 Å². The lowest BCUT2D eigenvalue weighted by atomic mass is 9.96. The topological polar surface area (TPSA) is 54.8 Å². The van der Waals surface area contributed by atoms with Crippen molar-refractivity contribution in [3.8, 4) is 11.1 Å². The molecule has 57 heavy (non-hydrogen) atoms. The zero-order chi connectivity index (χ0) is 37.5. The molecule has 0 fully saturated rings. The van der Waals surface area contributed by atoms with Gasteiger partial charge in [-0.05, 0) is 72.0 Å². The van der Waals surface area contributed by atoms with Gasteiger partial charge in [-0.25, -0.2) is 9.98 Å². The van der Waals surface area contributed by atoms with E-state index < -0.39 is 0 Å². The minimum Gasteiger partial charge on any atom is -0.455 e. The summed E-state index contributed by atoms with van der Waals surface area (Å²) in [6.07, 6.45) is 4.25. The van der Waals surface area contributed by atoms with E-state index in [1.807, 2.05) is 47.7 Å². The molecule has 3 aromatic heterocycles. The van der Waals surface area contributed by atoms with Crippen molar-refractivity contribution in [2.75, 3.05) is 0 Å². The lowest BCUT2D eigenvalue weighted by Gasteiger charge is -2.23. The van der Waals surface area contributed by atoms with Crippen LogP contribution in [0.1, 0.15) is 39.7 Å². The molecule has 5 nitrogen and oxygen atoms in total. The number of fused-ring (bicyclic) bond motifs is 9. The minimum absolute atomic E-state index is 0.289. The quantitative estimate of drug-likeness (QED) is 0.190. The van der Waals surface area contributed by atoms with E-state index in [2.05, 4.69) is 143 Å². The molecule has 0 saturated carbocycles. The molecule has 1 aliphatic heterocycles. The summed E-state index contributed by atoms with van der Waals surface area (Å²) in [5, 5.41) is 9.65. The fourth-order valence-electron chi connectivity index (χ4n) is 8.89. The molecule has 1 N–H and O–H groups in total. The summed E-state index contributed by atoms with van der Waals surface area (Å²) in [4.78, 5) is 11.6. The van der Waals surface area contributed by atoms with Crippen LogP contribution in [-0.2, 0) is 6.42 Å². The molecule has 270 valence electrons. The van der Waals surface area contributed by atoms with Gasteiger partial charge in [-0.15, -0.1) is 11.3 Å². The number of amidine groups is 2. The normalized spacial score (nSPS) is 15.5. The van der Waals surface area contributed by atoms with Gasteiger partial charge in [0.05, 0.1) is 22.3 Å². The second-order valence-electron chi connectivity index (χ2n) is 14.8. The van der Waals surface area contributed by atoms with Crippen LogP contribution in [0.3, 0.4) is 0 Å². The number of aliphatic imine (C=N–C) groups is 2. The SMILES string of the molecule is C1=C(n2c3ccccc3c3ccccc32)c2c(sc3ccc(-c4ccc5oc6c(C7=NC(c8ccccc8)=NC(c8ccccc8)N7)cccc6c5c4)cc23)CC1. The maximum atomic E-state index is 6.70. The van der Waals surface area contributed by atoms with Gasteiger partial charge in [-0.3, -0.25) is 0 Å². The lowest BCUT2D eigenvalue weighted by Crippen LogP contribution is -2.33. The van der Waals surface area contributed by atoms with Gasteiger partial charge in [0.1, 0.15) is 23.2 Å². The molecule has 4 heterocycles. The number of aromatic nitrogens is 1. The predicted octanol–water partition coefficient (Wildman–Crippen LogP) is 12.9. The molecule has 6 heteroatoms. The molecular weight excluding hydrogens is 717 g/mol. The molecule has 10 aromatic rings. The Labute approximate surface area is 332 Å². The Hall–Kier alpha value is -7.02. The van der Waals surface area contributed by atoms with Gasteiger partial charge in [0.25, 0.3) is 0 Å². The third kappa shape index (κ3) is 5.14. The molecule has 1 aliphatic carbocycles. The number of hydrogen-bond acceptors (Lipinski definition) is 5. The number of allylic oxidation sites excluding steroid dienone is 1. The van der Waals surface area contributed by atoms with Gasteiger partial charge in [0.15, 0.2) is 5.84 Å². The van der Waals surface area contributed by atoms with Crippen molar-refractivity contribution in [2.45, 2.75) is 19.0 Å². The van der Waals surface area contributed by atoms with Crippen molar-refractivity contribution in [1.29, 1.82) is 0 Å². The number of thiophene rings is 1. The molecular formula is C51H34N4OS. The van der Waals surface area contributed by atoms with Crippen molar-refractivity contribution in [3.05, 3.63) is 197 Å². The summed E-state index contributed by atoms with van der Waals surface area (Å²) >= 11 is 1.94. The standard InChI is InChI=1S/C51H34N4OS/c1-3-13-31(14-4-1)49-52-50(32-15-5-2-6-16-32)54-51(53-49)38-20-11-19-37-39-29-33(25-27-44(39)56-48(37)38)34-26-28-45-40(30-34)47-43(23-12-24-46(47)57-45)55-41-21-9-7-17-35(41)36-18-8-10-22-42(36)55/h1-11,13-23,25-30,49H,12,24H2,(H,52,53,54). The van der Waals surface area contributed by atoms with Gasteiger partial charge in [0, 0.05) is 47.6 Å². The number of nitrogens with one attached hydrogen (secondary N) is 1. The average molecular weight is 751 g/mol. The summed E-state index contributed by atoms with van der Waals surface area (Å²) in [5.74, 6) is 1.43. The second-order valence-corrected chi connectivity index (χ2v) is 16.0. The molecule has 0 amide bonds. The zero-order valence-corrected chi connectivity index (χ0v) is 31.6. The Kier molecular flexibility index (Phi) is 7.22. The number of furan rings is 1. The van der Waals surface area contributed by atoms with Crippen LogP contribution in [-0.4, -0.2) is 16.2 Å². The number of nitrogens with zero attached hydrogens (tertiary/aromatic N) is 3. The van der Waals surface area contributed by atoms with Gasteiger partial charge in [-0.2, -0.15) is 0 Å². The zero-order valence-electron chi connectivity index (χ0n) is 30.8. The van der Waals surface area contributed by atoms with E-state index in [1.54, 1.807) is 0 Å². The maximum Gasteiger partial charge on any atom is 0.159 e. The fourth-order valence-corrected chi connectivity index (χ4v) is 10.1. The molecule has 0 bridgehead atoms. The molecule has 0 radical (unpaired) electrons. The van der Waals surface area contributed by atoms with E-state index in [0.717, 1.165) is 62.9 Å². The smallest absolute Gasteiger partial charge is 0.159 e. The van der Waals surface area contributed by atoms with Crippen LogP contribution in [0.5, 0.6) is 0 Å². The highest BCUT2D eigenvalue weighted by atomic mass is 32.1. The summed E-state index contributed by atoms with van der Waals surface area (Å²) in [7, 11) is 0. The third-order valence-electron chi connectivity index (χ3n) is 11.5. The van der Waals surface area contributed by atoms with Crippen LogP contribution in [0.25, 0.3) is 70.7 Å². The minimum atomic E-state index is -0.289. The molecule has 0 spiro atoms. The van der Waals surface area contributed by atoms with Gasteiger partial charge in [-0.1, -0.05) is 127 Å².